The lowest BCUT2D eigenvalue weighted by molar-refractivity contribution is 0.122. The van der Waals surface area contributed by atoms with E-state index in [0.29, 0.717) is 5.92 Å². The predicted octanol–water partition coefficient (Wildman–Crippen LogP) is 2.73. The van der Waals surface area contributed by atoms with E-state index in [-0.39, 0.29) is 0 Å². The zero-order valence-electron chi connectivity index (χ0n) is 11.4. The first-order valence-electron chi connectivity index (χ1n) is 6.79. The van der Waals surface area contributed by atoms with Crippen LogP contribution in [0, 0.1) is 5.92 Å². The van der Waals surface area contributed by atoms with Crippen molar-refractivity contribution in [3.8, 4) is 0 Å². The van der Waals surface area contributed by atoms with Crippen LogP contribution in [0.1, 0.15) is 19.4 Å². The van der Waals surface area contributed by atoms with Crippen LogP contribution in [0.15, 0.2) is 11.7 Å². The van der Waals surface area contributed by atoms with Crippen molar-refractivity contribution in [1.29, 1.82) is 0 Å². The van der Waals surface area contributed by atoms with Gasteiger partial charge >= 0.3 is 0 Å². The molecule has 0 N–H and O–H groups in total. The molecule has 0 spiro atoms. The van der Waals surface area contributed by atoms with E-state index in [0.717, 1.165) is 43.4 Å². The molecule has 3 rings (SSSR count). The van der Waals surface area contributed by atoms with Crippen LogP contribution in [-0.2, 0) is 11.2 Å². The van der Waals surface area contributed by atoms with E-state index in [4.69, 9.17) is 4.74 Å². The molecule has 5 heteroatoms. The van der Waals surface area contributed by atoms with Crippen molar-refractivity contribution in [2.24, 2.45) is 5.92 Å². The first kappa shape index (κ1) is 12.8. The van der Waals surface area contributed by atoms with E-state index < -0.39 is 0 Å². The summed E-state index contributed by atoms with van der Waals surface area (Å²) in [6.45, 7) is 7.92. The van der Waals surface area contributed by atoms with Crippen molar-refractivity contribution < 1.29 is 4.74 Å². The van der Waals surface area contributed by atoms with Gasteiger partial charge in [0.15, 0.2) is 0 Å². The van der Waals surface area contributed by atoms with Crippen molar-refractivity contribution >= 4 is 27.4 Å². The number of aromatic nitrogens is 2. The van der Waals surface area contributed by atoms with Crippen LogP contribution in [0.25, 0.3) is 10.2 Å². The van der Waals surface area contributed by atoms with Gasteiger partial charge < -0.3 is 9.64 Å². The molecule has 0 unspecified atom stereocenters. The Morgan fingerprint density at radius 1 is 1.32 bits per heavy atom. The molecule has 2 aromatic heterocycles. The molecule has 0 aliphatic carbocycles. The number of thiophene rings is 1. The van der Waals surface area contributed by atoms with Gasteiger partial charge in [0, 0.05) is 13.1 Å². The summed E-state index contributed by atoms with van der Waals surface area (Å²) < 4.78 is 5.43. The summed E-state index contributed by atoms with van der Waals surface area (Å²) in [5.41, 5.74) is 1.39. The molecule has 0 saturated carbocycles. The molecule has 4 nitrogen and oxygen atoms in total. The summed E-state index contributed by atoms with van der Waals surface area (Å²) in [5, 5.41) is 3.49. The van der Waals surface area contributed by atoms with Gasteiger partial charge in [-0.05, 0) is 23.3 Å². The largest absolute Gasteiger partial charge is 0.378 e. The molecule has 1 saturated heterocycles. The van der Waals surface area contributed by atoms with Crippen LogP contribution in [0.2, 0.25) is 0 Å². The Morgan fingerprint density at radius 3 is 2.84 bits per heavy atom. The number of hydrogen-bond donors (Lipinski definition) is 0. The fourth-order valence-corrected chi connectivity index (χ4v) is 3.44. The first-order chi connectivity index (χ1) is 9.25. The van der Waals surface area contributed by atoms with Gasteiger partial charge in [0.2, 0.25) is 0 Å². The Kier molecular flexibility index (Phi) is 3.66. The lowest BCUT2D eigenvalue weighted by atomic mass is 10.0. The van der Waals surface area contributed by atoms with Gasteiger partial charge in [-0.2, -0.15) is 0 Å². The molecule has 0 radical (unpaired) electrons. The molecule has 0 atom stereocenters. The molecule has 1 fully saturated rings. The number of hydrogen-bond acceptors (Lipinski definition) is 5. The highest BCUT2D eigenvalue weighted by molar-refractivity contribution is 7.17. The van der Waals surface area contributed by atoms with Crippen molar-refractivity contribution in [1.82, 2.24) is 9.97 Å². The van der Waals surface area contributed by atoms with E-state index >= 15 is 0 Å². The van der Waals surface area contributed by atoms with Gasteiger partial charge in [0.25, 0.3) is 0 Å². The zero-order valence-corrected chi connectivity index (χ0v) is 12.2. The Balaban J connectivity index is 2.04. The van der Waals surface area contributed by atoms with Crippen LogP contribution in [0.5, 0.6) is 0 Å². The third-order valence-corrected chi connectivity index (χ3v) is 4.30. The highest BCUT2D eigenvalue weighted by Crippen LogP contribution is 2.32. The minimum Gasteiger partial charge on any atom is -0.378 e. The Morgan fingerprint density at radius 2 is 2.11 bits per heavy atom. The molecule has 3 heterocycles. The number of rotatable bonds is 3. The second-order valence-electron chi connectivity index (χ2n) is 5.34. The van der Waals surface area contributed by atoms with Crippen molar-refractivity contribution in [3.05, 3.63) is 17.3 Å². The van der Waals surface area contributed by atoms with Crippen molar-refractivity contribution in [2.45, 2.75) is 20.3 Å². The molecule has 2 aromatic rings. The minimum atomic E-state index is 0.649. The normalized spacial score (nSPS) is 16.5. The van der Waals surface area contributed by atoms with Crippen molar-refractivity contribution in [3.63, 3.8) is 0 Å². The van der Waals surface area contributed by atoms with Crippen LogP contribution < -0.4 is 4.90 Å². The Hall–Kier alpha value is -1.20. The molecule has 1 aliphatic rings. The first-order valence-corrected chi connectivity index (χ1v) is 7.67. The van der Waals surface area contributed by atoms with E-state index in [1.165, 1.54) is 10.9 Å². The number of fused-ring (bicyclic) bond motifs is 1. The Bertz CT molecular complexity index is 561. The number of ether oxygens (including phenoxy) is 1. The maximum Gasteiger partial charge on any atom is 0.141 e. The standard InChI is InChI=1S/C14H19N3OS/c1-10(2)7-11-8-19-14-12(11)13(15-9-16-14)17-3-5-18-6-4-17/h8-10H,3-7H2,1-2H3. The summed E-state index contributed by atoms with van der Waals surface area (Å²) in [6, 6.07) is 0. The highest BCUT2D eigenvalue weighted by atomic mass is 32.1. The molecule has 0 bridgehead atoms. The quantitative estimate of drug-likeness (QED) is 0.864. The summed E-state index contributed by atoms with van der Waals surface area (Å²) in [7, 11) is 0. The second kappa shape index (κ2) is 5.43. The van der Waals surface area contributed by atoms with E-state index in [9.17, 15) is 0 Å². The molecule has 19 heavy (non-hydrogen) atoms. The molecule has 0 amide bonds. The van der Waals surface area contributed by atoms with Gasteiger partial charge in [-0.15, -0.1) is 11.3 Å². The highest BCUT2D eigenvalue weighted by Gasteiger charge is 2.19. The predicted molar refractivity (Wildman–Crippen MR) is 79.0 cm³/mol. The van der Waals surface area contributed by atoms with Gasteiger partial charge in [0.1, 0.15) is 17.0 Å². The average Bonchev–Trinajstić information content (AvgIpc) is 2.82. The monoisotopic (exact) mass is 277 g/mol. The molecule has 1 aliphatic heterocycles. The van der Waals surface area contributed by atoms with Crippen LogP contribution in [0.4, 0.5) is 5.82 Å². The SMILES string of the molecule is CC(C)Cc1csc2ncnc(N3CCOCC3)c12. The van der Waals surface area contributed by atoms with Gasteiger partial charge in [-0.25, -0.2) is 9.97 Å². The third-order valence-electron chi connectivity index (χ3n) is 3.37. The van der Waals surface area contributed by atoms with Gasteiger partial charge in [0.05, 0.1) is 18.6 Å². The summed E-state index contributed by atoms with van der Waals surface area (Å²) in [4.78, 5) is 12.4. The summed E-state index contributed by atoms with van der Waals surface area (Å²) in [5.74, 6) is 1.74. The van der Waals surface area contributed by atoms with Crippen LogP contribution >= 0.6 is 11.3 Å². The van der Waals surface area contributed by atoms with E-state index in [2.05, 4.69) is 34.1 Å². The van der Waals surface area contributed by atoms with E-state index in [1.54, 1.807) is 17.7 Å². The van der Waals surface area contributed by atoms with E-state index in [1.807, 2.05) is 0 Å². The number of nitrogens with zero attached hydrogens (tertiary/aromatic N) is 3. The Labute approximate surface area is 117 Å². The van der Waals surface area contributed by atoms with Crippen LogP contribution in [0.3, 0.4) is 0 Å². The van der Waals surface area contributed by atoms with Gasteiger partial charge in [-0.3, -0.25) is 0 Å². The maximum atomic E-state index is 5.43. The minimum absolute atomic E-state index is 0.649. The summed E-state index contributed by atoms with van der Waals surface area (Å²) in [6.07, 6.45) is 2.77. The molecule has 102 valence electrons. The zero-order chi connectivity index (χ0) is 13.2. The molecular weight excluding hydrogens is 258 g/mol. The van der Waals surface area contributed by atoms with Gasteiger partial charge in [-0.1, -0.05) is 13.8 Å². The fourth-order valence-electron chi connectivity index (χ4n) is 2.52. The number of morpholine rings is 1. The third kappa shape index (κ3) is 2.58. The van der Waals surface area contributed by atoms with Crippen molar-refractivity contribution in [2.75, 3.05) is 31.2 Å². The lowest BCUT2D eigenvalue weighted by Gasteiger charge is -2.28. The lowest BCUT2D eigenvalue weighted by Crippen LogP contribution is -2.36. The maximum absolute atomic E-state index is 5.43. The fraction of sp³-hybridized carbons (Fsp3) is 0.571. The smallest absolute Gasteiger partial charge is 0.141 e. The second-order valence-corrected chi connectivity index (χ2v) is 6.19. The van der Waals surface area contributed by atoms with Crippen LogP contribution in [-0.4, -0.2) is 36.3 Å². The topological polar surface area (TPSA) is 38.2 Å². The molecule has 0 aromatic carbocycles. The average molecular weight is 277 g/mol. The summed E-state index contributed by atoms with van der Waals surface area (Å²) >= 11 is 1.73. The molecular formula is C14H19N3OS. The number of anilines is 1.